The lowest BCUT2D eigenvalue weighted by molar-refractivity contribution is 0.478. The Bertz CT molecular complexity index is 810. The molecule has 3 aromatic rings. The lowest BCUT2D eigenvalue weighted by Crippen LogP contribution is -2.17. The van der Waals surface area contributed by atoms with Gasteiger partial charge in [0.05, 0.1) is 6.20 Å². The molecule has 0 atom stereocenters. The Morgan fingerprint density at radius 1 is 1.00 bits per heavy atom. The highest BCUT2D eigenvalue weighted by molar-refractivity contribution is 7.65. The van der Waals surface area contributed by atoms with Crippen LogP contribution in [-0.4, -0.2) is 11.5 Å². The fraction of sp³-hybridized carbons (Fsp3) is 0.150. The molecule has 1 N–H and O–H groups in total. The van der Waals surface area contributed by atoms with Crippen LogP contribution in [0.25, 0.3) is 0 Å². The van der Waals surface area contributed by atoms with Crippen molar-refractivity contribution in [2.24, 2.45) is 0 Å². The van der Waals surface area contributed by atoms with Crippen LogP contribution in [0.4, 0.5) is 0 Å². The Balaban J connectivity index is 1.61. The van der Waals surface area contributed by atoms with Crippen molar-refractivity contribution in [2.75, 3.05) is 6.54 Å². The first-order chi connectivity index (χ1) is 12.3. The Labute approximate surface area is 151 Å². The number of rotatable bonds is 8. The van der Waals surface area contributed by atoms with Gasteiger partial charge in [0.2, 0.25) is 0 Å². The van der Waals surface area contributed by atoms with Crippen molar-refractivity contribution in [1.82, 2.24) is 10.3 Å². The number of hydrogen-bond donors (Lipinski definition) is 1. The van der Waals surface area contributed by atoms with Crippen molar-refractivity contribution in [3.05, 3.63) is 84.2 Å². The molecule has 1 aromatic heterocycles. The molecule has 2 aromatic carbocycles. The van der Waals surface area contributed by atoms with Gasteiger partial charge in [-0.25, -0.2) is 0 Å². The number of nitrogens with zero attached hydrogens (tertiary/aromatic N) is 1. The van der Waals surface area contributed by atoms with Crippen molar-refractivity contribution in [1.29, 1.82) is 0 Å². The standard InChI is InChI=1S/C20H19N2O2S/c23-25-20-9-8-18(24-19-7-4-11-21-15-19)13-17(20)14-22-12-10-16-5-2-1-3-6-16/h1-9,11,13,15,22H,10,12,14H2/q+1. The van der Waals surface area contributed by atoms with E-state index >= 15 is 0 Å². The Kier molecular flexibility index (Phi) is 6.20. The van der Waals surface area contributed by atoms with Crippen LogP contribution in [0.5, 0.6) is 11.5 Å². The number of benzene rings is 2. The normalized spacial score (nSPS) is 10.4. The fourth-order valence-corrected chi connectivity index (χ4v) is 2.84. The van der Waals surface area contributed by atoms with E-state index in [9.17, 15) is 4.21 Å². The van der Waals surface area contributed by atoms with Gasteiger partial charge in [-0.1, -0.05) is 30.3 Å². The molecule has 0 aliphatic carbocycles. The average molecular weight is 351 g/mol. The molecular weight excluding hydrogens is 332 g/mol. The summed E-state index contributed by atoms with van der Waals surface area (Å²) in [6, 6.07) is 19.5. The van der Waals surface area contributed by atoms with Crippen LogP contribution < -0.4 is 10.1 Å². The third kappa shape index (κ3) is 5.17. The molecule has 0 saturated heterocycles. The van der Waals surface area contributed by atoms with E-state index in [-0.39, 0.29) is 0 Å². The topological polar surface area (TPSA) is 51.2 Å². The third-order valence-electron chi connectivity index (χ3n) is 3.74. The van der Waals surface area contributed by atoms with Crippen LogP contribution in [0, 0.1) is 0 Å². The third-order valence-corrected chi connectivity index (χ3v) is 4.32. The van der Waals surface area contributed by atoms with Crippen LogP contribution in [0.2, 0.25) is 0 Å². The highest BCUT2D eigenvalue weighted by Gasteiger charge is 2.15. The SMILES string of the molecule is O=[S+]c1ccc(Oc2cccnc2)cc1CNCCc1ccccc1. The number of nitrogens with one attached hydrogen (secondary N) is 1. The second-order valence-electron chi connectivity index (χ2n) is 5.56. The van der Waals surface area contributed by atoms with Crippen LogP contribution in [-0.2, 0) is 28.8 Å². The first-order valence-corrected chi connectivity index (χ1v) is 8.84. The van der Waals surface area contributed by atoms with Crippen molar-refractivity contribution in [2.45, 2.75) is 17.9 Å². The predicted octanol–water partition coefficient (Wildman–Crippen LogP) is 3.99. The zero-order valence-corrected chi connectivity index (χ0v) is 14.5. The van der Waals surface area contributed by atoms with E-state index in [2.05, 4.69) is 22.4 Å². The average Bonchev–Trinajstić information content (AvgIpc) is 2.67. The number of aromatic nitrogens is 1. The second-order valence-corrected chi connectivity index (χ2v) is 6.16. The van der Waals surface area contributed by atoms with Gasteiger partial charge in [0.25, 0.3) is 4.90 Å². The fourth-order valence-electron chi connectivity index (χ4n) is 2.48. The molecule has 25 heavy (non-hydrogen) atoms. The van der Waals surface area contributed by atoms with Crippen molar-refractivity contribution in [3.63, 3.8) is 0 Å². The monoisotopic (exact) mass is 351 g/mol. The van der Waals surface area contributed by atoms with Gasteiger partial charge in [0.1, 0.15) is 11.5 Å². The highest BCUT2D eigenvalue weighted by Crippen LogP contribution is 2.23. The van der Waals surface area contributed by atoms with E-state index in [0.717, 1.165) is 18.5 Å². The van der Waals surface area contributed by atoms with Crippen molar-refractivity contribution in [3.8, 4) is 11.5 Å². The van der Waals surface area contributed by atoms with Gasteiger partial charge in [-0.05, 0) is 42.8 Å². The summed E-state index contributed by atoms with van der Waals surface area (Å²) in [5.74, 6) is 1.37. The summed E-state index contributed by atoms with van der Waals surface area (Å²) in [6.07, 6.45) is 4.31. The Hall–Kier alpha value is -2.63. The highest BCUT2D eigenvalue weighted by atomic mass is 32.1. The van der Waals surface area contributed by atoms with Crippen molar-refractivity contribution >= 4 is 11.7 Å². The molecule has 0 saturated carbocycles. The largest absolute Gasteiger partial charge is 0.505 e. The quantitative estimate of drug-likeness (QED) is 0.492. The van der Waals surface area contributed by atoms with Crippen LogP contribution in [0.1, 0.15) is 11.1 Å². The Morgan fingerprint density at radius 2 is 1.88 bits per heavy atom. The zero-order chi connectivity index (χ0) is 17.3. The van der Waals surface area contributed by atoms with Gasteiger partial charge in [0, 0.05) is 28.6 Å². The van der Waals surface area contributed by atoms with Gasteiger partial charge in [0.15, 0.2) is 0 Å². The number of pyridine rings is 1. The zero-order valence-electron chi connectivity index (χ0n) is 13.7. The minimum absolute atomic E-state index is 0.507. The molecule has 126 valence electrons. The number of ether oxygens (including phenoxy) is 1. The molecule has 5 heteroatoms. The number of hydrogen-bond acceptors (Lipinski definition) is 4. The molecule has 0 radical (unpaired) electrons. The summed E-state index contributed by atoms with van der Waals surface area (Å²) >= 11 is 0.507. The molecule has 0 bridgehead atoms. The molecule has 0 unspecified atom stereocenters. The van der Waals surface area contributed by atoms with Crippen LogP contribution in [0.15, 0.2) is 78.0 Å². The van der Waals surface area contributed by atoms with Gasteiger partial charge in [-0.2, -0.15) is 0 Å². The summed E-state index contributed by atoms with van der Waals surface area (Å²) < 4.78 is 17.1. The minimum atomic E-state index is 0.507. The van der Waals surface area contributed by atoms with Gasteiger partial charge in [-0.15, -0.1) is 0 Å². The maximum absolute atomic E-state index is 11.3. The summed E-state index contributed by atoms with van der Waals surface area (Å²) in [5, 5.41) is 3.40. The van der Waals surface area contributed by atoms with E-state index in [1.165, 1.54) is 5.56 Å². The van der Waals surface area contributed by atoms with E-state index in [1.807, 2.05) is 36.4 Å². The first kappa shape index (κ1) is 17.2. The lowest BCUT2D eigenvalue weighted by atomic mass is 10.1. The van der Waals surface area contributed by atoms with E-state index in [0.29, 0.717) is 34.6 Å². The smallest absolute Gasteiger partial charge is 0.456 e. The Morgan fingerprint density at radius 3 is 2.64 bits per heavy atom. The molecular formula is C20H19N2O2S+. The molecule has 0 fully saturated rings. The first-order valence-electron chi connectivity index (χ1n) is 8.10. The maximum Gasteiger partial charge on any atom is 0.505 e. The predicted molar refractivity (Wildman–Crippen MR) is 98.9 cm³/mol. The van der Waals surface area contributed by atoms with Gasteiger partial charge >= 0.3 is 11.7 Å². The van der Waals surface area contributed by atoms with E-state index in [4.69, 9.17) is 4.74 Å². The minimum Gasteiger partial charge on any atom is -0.456 e. The van der Waals surface area contributed by atoms with Gasteiger partial charge in [-0.3, -0.25) is 4.98 Å². The van der Waals surface area contributed by atoms with Crippen molar-refractivity contribution < 1.29 is 8.95 Å². The molecule has 1 heterocycles. The molecule has 0 aliphatic rings. The molecule has 3 rings (SSSR count). The van der Waals surface area contributed by atoms with E-state index < -0.39 is 0 Å². The van der Waals surface area contributed by atoms with Crippen LogP contribution in [0.3, 0.4) is 0 Å². The maximum atomic E-state index is 11.3. The lowest BCUT2D eigenvalue weighted by Gasteiger charge is -2.08. The summed E-state index contributed by atoms with van der Waals surface area (Å²) in [7, 11) is 0. The molecule has 0 aliphatic heterocycles. The summed E-state index contributed by atoms with van der Waals surface area (Å²) in [5.41, 5.74) is 2.23. The molecule has 4 nitrogen and oxygen atoms in total. The summed E-state index contributed by atoms with van der Waals surface area (Å²) in [4.78, 5) is 4.75. The summed E-state index contributed by atoms with van der Waals surface area (Å²) in [6.45, 7) is 1.47. The van der Waals surface area contributed by atoms with E-state index in [1.54, 1.807) is 24.5 Å². The van der Waals surface area contributed by atoms with Crippen LogP contribution >= 0.6 is 0 Å². The molecule has 0 spiro atoms. The molecule has 0 amide bonds. The van der Waals surface area contributed by atoms with Gasteiger partial charge < -0.3 is 10.1 Å². The second kappa shape index (κ2) is 9.01.